The van der Waals surface area contributed by atoms with Crippen LogP contribution in [0.2, 0.25) is 5.02 Å². The second kappa shape index (κ2) is 9.72. The van der Waals surface area contributed by atoms with Gasteiger partial charge in [0, 0.05) is 0 Å². The molecule has 172 valence electrons. The average Bonchev–Trinajstić information content (AvgIpc) is 2.83. The number of nitrogens with one attached hydrogen (secondary N) is 1. The van der Waals surface area contributed by atoms with Crippen molar-refractivity contribution in [3.05, 3.63) is 83.4 Å². The molecule has 0 spiro atoms. The Hall–Kier alpha value is -3.23. The van der Waals surface area contributed by atoms with Gasteiger partial charge in [0.1, 0.15) is 19.8 Å². The average molecular weight is 487 g/mol. The largest absolute Gasteiger partial charge is 0.486 e. The fraction of sp³-hybridized carbons (Fsp3) is 0.208. The third kappa shape index (κ3) is 5.07. The lowest BCUT2D eigenvalue weighted by molar-refractivity contribution is -0.120. The van der Waals surface area contributed by atoms with E-state index in [1.54, 1.807) is 48.5 Å². The second-order valence-electron chi connectivity index (χ2n) is 7.47. The zero-order valence-corrected chi connectivity index (χ0v) is 19.5. The molecule has 33 heavy (non-hydrogen) atoms. The highest BCUT2D eigenvalue weighted by Gasteiger charge is 2.29. The van der Waals surface area contributed by atoms with Gasteiger partial charge in [-0.05, 0) is 48.9 Å². The summed E-state index contributed by atoms with van der Waals surface area (Å²) in [6.45, 7) is 2.33. The van der Waals surface area contributed by atoms with Crippen LogP contribution in [-0.4, -0.2) is 34.1 Å². The van der Waals surface area contributed by atoms with E-state index in [1.807, 2.05) is 19.1 Å². The summed E-state index contributed by atoms with van der Waals surface area (Å²) in [5.41, 5.74) is 1.04. The van der Waals surface area contributed by atoms with Gasteiger partial charge < -0.3 is 14.8 Å². The molecule has 9 heteroatoms. The number of rotatable bonds is 7. The van der Waals surface area contributed by atoms with Crippen molar-refractivity contribution >= 4 is 33.2 Å². The SMILES string of the molecule is CC(NC(=O)CN(c1ccccc1Cl)S(=O)(=O)c1ccccc1)c1ccc2c(c1)OCCO2. The molecule has 1 atom stereocenters. The molecule has 4 rings (SSSR count). The summed E-state index contributed by atoms with van der Waals surface area (Å²) in [6, 6.07) is 19.5. The Balaban J connectivity index is 1.57. The molecule has 3 aromatic rings. The van der Waals surface area contributed by atoms with Crippen LogP contribution in [0.4, 0.5) is 5.69 Å². The van der Waals surface area contributed by atoms with Gasteiger partial charge >= 0.3 is 0 Å². The van der Waals surface area contributed by atoms with Crippen molar-refractivity contribution in [2.45, 2.75) is 17.9 Å². The van der Waals surface area contributed by atoms with Crippen molar-refractivity contribution in [1.29, 1.82) is 0 Å². The van der Waals surface area contributed by atoms with Crippen molar-refractivity contribution in [3.8, 4) is 11.5 Å². The van der Waals surface area contributed by atoms with Crippen LogP contribution in [0.1, 0.15) is 18.5 Å². The molecule has 1 aliphatic rings. The fourth-order valence-electron chi connectivity index (χ4n) is 3.50. The molecule has 0 saturated carbocycles. The highest BCUT2D eigenvalue weighted by Crippen LogP contribution is 2.33. The number of benzene rings is 3. The Morgan fingerprint density at radius 2 is 1.67 bits per heavy atom. The quantitative estimate of drug-likeness (QED) is 0.541. The van der Waals surface area contributed by atoms with Gasteiger partial charge in [0.15, 0.2) is 11.5 Å². The van der Waals surface area contributed by atoms with Crippen LogP contribution in [0.3, 0.4) is 0 Å². The molecule has 1 heterocycles. The monoisotopic (exact) mass is 486 g/mol. The molecule has 0 radical (unpaired) electrons. The maximum atomic E-state index is 13.4. The Morgan fingerprint density at radius 1 is 1.00 bits per heavy atom. The van der Waals surface area contributed by atoms with Gasteiger partial charge in [0.05, 0.1) is 21.6 Å². The van der Waals surface area contributed by atoms with Crippen molar-refractivity contribution < 1.29 is 22.7 Å². The highest BCUT2D eigenvalue weighted by atomic mass is 35.5. The topological polar surface area (TPSA) is 84.9 Å². The summed E-state index contributed by atoms with van der Waals surface area (Å²) in [4.78, 5) is 13.0. The summed E-state index contributed by atoms with van der Waals surface area (Å²) < 4.78 is 39.0. The molecule has 0 aliphatic carbocycles. The molecule has 0 aromatic heterocycles. The van der Waals surface area contributed by atoms with Crippen LogP contribution in [0.5, 0.6) is 11.5 Å². The van der Waals surface area contributed by atoms with E-state index in [1.165, 1.54) is 12.1 Å². The maximum Gasteiger partial charge on any atom is 0.264 e. The molecule has 0 saturated heterocycles. The number of sulfonamides is 1. The lowest BCUT2D eigenvalue weighted by atomic mass is 10.1. The van der Waals surface area contributed by atoms with Gasteiger partial charge in [-0.2, -0.15) is 0 Å². The molecule has 1 aliphatic heterocycles. The minimum atomic E-state index is -4.03. The molecule has 1 unspecified atom stereocenters. The summed E-state index contributed by atoms with van der Waals surface area (Å²) in [5.74, 6) is 0.795. The number of amides is 1. The van der Waals surface area contributed by atoms with Crippen LogP contribution < -0.4 is 19.1 Å². The smallest absolute Gasteiger partial charge is 0.264 e. The second-order valence-corrected chi connectivity index (χ2v) is 9.74. The number of halogens is 1. The minimum absolute atomic E-state index is 0.0672. The van der Waals surface area contributed by atoms with Gasteiger partial charge in [-0.1, -0.05) is 48.0 Å². The number of carbonyl (C=O) groups excluding carboxylic acids is 1. The summed E-state index contributed by atoms with van der Waals surface area (Å²) in [7, 11) is -4.03. The molecule has 0 fully saturated rings. The predicted molar refractivity (Wildman–Crippen MR) is 126 cm³/mol. The number of fused-ring (bicyclic) bond motifs is 1. The van der Waals surface area contributed by atoms with Gasteiger partial charge in [0.2, 0.25) is 5.91 Å². The number of hydrogen-bond donors (Lipinski definition) is 1. The molecule has 7 nitrogen and oxygen atoms in total. The lowest BCUT2D eigenvalue weighted by Crippen LogP contribution is -2.41. The van der Waals surface area contributed by atoms with Gasteiger partial charge in [-0.15, -0.1) is 0 Å². The predicted octanol–water partition coefficient (Wildman–Crippen LogP) is 4.18. The van der Waals surface area contributed by atoms with Gasteiger partial charge in [0.25, 0.3) is 10.0 Å². The number of anilines is 1. The van der Waals surface area contributed by atoms with E-state index in [4.69, 9.17) is 21.1 Å². The van der Waals surface area contributed by atoms with E-state index in [-0.39, 0.29) is 21.6 Å². The molecular weight excluding hydrogens is 464 g/mol. The number of nitrogens with zero attached hydrogens (tertiary/aromatic N) is 1. The molecular formula is C24H23ClN2O5S. The third-order valence-corrected chi connectivity index (χ3v) is 7.28. The van der Waals surface area contributed by atoms with E-state index >= 15 is 0 Å². The summed E-state index contributed by atoms with van der Waals surface area (Å²) in [6.07, 6.45) is 0. The zero-order valence-electron chi connectivity index (χ0n) is 17.9. The Kier molecular flexibility index (Phi) is 6.76. The van der Waals surface area contributed by atoms with Crippen LogP contribution in [0, 0.1) is 0 Å². The normalized spacial score (nSPS) is 13.8. The van der Waals surface area contributed by atoms with Crippen molar-refractivity contribution in [1.82, 2.24) is 5.32 Å². The molecule has 3 aromatic carbocycles. The molecule has 0 bridgehead atoms. The summed E-state index contributed by atoms with van der Waals surface area (Å²) in [5, 5.41) is 3.09. The number of carbonyl (C=O) groups is 1. The summed E-state index contributed by atoms with van der Waals surface area (Å²) >= 11 is 6.30. The number of hydrogen-bond acceptors (Lipinski definition) is 5. The van der Waals surface area contributed by atoms with Crippen molar-refractivity contribution in [2.24, 2.45) is 0 Å². The van der Waals surface area contributed by atoms with E-state index in [0.717, 1.165) is 9.87 Å². The van der Waals surface area contributed by atoms with Crippen LogP contribution in [0.25, 0.3) is 0 Å². The Morgan fingerprint density at radius 3 is 2.39 bits per heavy atom. The van der Waals surface area contributed by atoms with Gasteiger partial charge in [-0.3, -0.25) is 9.10 Å². The first-order valence-corrected chi connectivity index (χ1v) is 12.2. The zero-order chi connectivity index (χ0) is 23.4. The van der Waals surface area contributed by atoms with Crippen molar-refractivity contribution in [3.63, 3.8) is 0 Å². The first kappa shape index (κ1) is 22.9. The van der Waals surface area contributed by atoms with E-state index in [9.17, 15) is 13.2 Å². The number of para-hydroxylation sites is 1. The lowest BCUT2D eigenvalue weighted by Gasteiger charge is -2.26. The minimum Gasteiger partial charge on any atom is -0.486 e. The van der Waals surface area contributed by atoms with E-state index in [0.29, 0.717) is 24.7 Å². The highest BCUT2D eigenvalue weighted by molar-refractivity contribution is 7.92. The standard InChI is InChI=1S/C24H23ClN2O5S/c1-17(18-11-12-22-23(15-18)32-14-13-31-22)26-24(28)16-27(21-10-6-5-9-20(21)25)33(29,30)19-7-3-2-4-8-19/h2-12,15,17H,13-14,16H2,1H3,(H,26,28). The molecule has 1 amide bonds. The van der Waals surface area contributed by atoms with Crippen LogP contribution >= 0.6 is 11.6 Å². The first-order chi connectivity index (χ1) is 15.9. The van der Waals surface area contributed by atoms with Crippen molar-refractivity contribution in [2.75, 3.05) is 24.1 Å². The Bertz CT molecular complexity index is 1250. The Labute approximate surface area is 197 Å². The fourth-order valence-corrected chi connectivity index (χ4v) is 5.25. The first-order valence-electron chi connectivity index (χ1n) is 10.4. The number of ether oxygens (including phenoxy) is 2. The maximum absolute atomic E-state index is 13.4. The van der Waals surface area contributed by atoms with Crippen LogP contribution in [-0.2, 0) is 14.8 Å². The van der Waals surface area contributed by atoms with E-state index < -0.39 is 22.5 Å². The molecule has 1 N–H and O–H groups in total. The third-order valence-electron chi connectivity index (χ3n) is 5.18. The van der Waals surface area contributed by atoms with Crippen LogP contribution in [0.15, 0.2) is 77.7 Å². The van der Waals surface area contributed by atoms with E-state index in [2.05, 4.69) is 5.32 Å². The van der Waals surface area contributed by atoms with Gasteiger partial charge in [-0.25, -0.2) is 8.42 Å².